The van der Waals surface area contributed by atoms with E-state index in [2.05, 4.69) is 0 Å². The number of hydrogen-bond donors (Lipinski definition) is 0. The molecule has 0 radical (unpaired) electrons. The molecule has 0 spiro atoms. The molecule has 0 fully saturated rings. The number of aryl methyl sites for hydroxylation is 2. The molecule has 1 aromatic heterocycles. The molecule has 3 aromatic carbocycles. The number of rotatable bonds is 4. The van der Waals surface area contributed by atoms with Gasteiger partial charge in [-0.15, -0.1) is 0 Å². The number of benzene rings is 3. The lowest BCUT2D eigenvalue weighted by Crippen LogP contribution is -2.29. The summed E-state index contributed by atoms with van der Waals surface area (Å²) in [5.74, 6) is 0. The SMILES string of the molecule is Cc1ccc(S(=O)(=O)N2CCc3c2c2ccccc2n3S(=O)(=O)c2ccc(C)cc2)cc1. The van der Waals surface area contributed by atoms with Crippen LogP contribution >= 0.6 is 0 Å². The van der Waals surface area contributed by atoms with E-state index in [0.29, 0.717) is 28.7 Å². The first-order valence-corrected chi connectivity index (χ1v) is 13.1. The summed E-state index contributed by atoms with van der Waals surface area (Å²) in [5.41, 5.74) is 3.33. The van der Waals surface area contributed by atoms with Gasteiger partial charge in [-0.3, -0.25) is 4.31 Å². The average Bonchev–Trinajstić information content (AvgIpc) is 3.33. The lowest BCUT2D eigenvalue weighted by Gasteiger charge is -2.19. The second kappa shape index (κ2) is 7.21. The number of hydrogen-bond acceptors (Lipinski definition) is 4. The van der Waals surface area contributed by atoms with Gasteiger partial charge in [-0.25, -0.2) is 20.8 Å². The van der Waals surface area contributed by atoms with Gasteiger partial charge in [0.15, 0.2) is 0 Å². The highest BCUT2D eigenvalue weighted by molar-refractivity contribution is 7.93. The Bertz CT molecular complexity index is 1550. The Hall–Kier alpha value is -3.10. The zero-order chi connectivity index (χ0) is 22.7. The van der Waals surface area contributed by atoms with Crippen LogP contribution in [0.2, 0.25) is 0 Å². The van der Waals surface area contributed by atoms with E-state index < -0.39 is 20.0 Å². The fourth-order valence-electron chi connectivity index (χ4n) is 4.23. The minimum absolute atomic E-state index is 0.173. The summed E-state index contributed by atoms with van der Waals surface area (Å²) in [5, 5.41) is 0.603. The molecule has 0 amide bonds. The van der Waals surface area contributed by atoms with Crippen LogP contribution in [0.25, 0.3) is 10.9 Å². The quantitative estimate of drug-likeness (QED) is 0.451. The van der Waals surface area contributed by atoms with Crippen molar-refractivity contribution in [3.05, 3.63) is 89.6 Å². The molecular formula is C24H22N2O4S2. The van der Waals surface area contributed by atoms with Crippen molar-refractivity contribution < 1.29 is 16.8 Å². The smallest absolute Gasteiger partial charge is 0.263 e. The normalized spacial score (nSPS) is 14.1. The van der Waals surface area contributed by atoms with Crippen LogP contribution in [0.1, 0.15) is 16.8 Å². The number of sulfonamides is 1. The summed E-state index contributed by atoms with van der Waals surface area (Å²) >= 11 is 0. The fraction of sp³-hybridized carbons (Fsp3) is 0.167. The first-order chi connectivity index (χ1) is 15.2. The second-order valence-corrected chi connectivity index (χ2v) is 11.7. The maximum Gasteiger partial charge on any atom is 0.268 e. The molecule has 0 atom stereocenters. The van der Waals surface area contributed by atoms with Crippen LogP contribution in [0, 0.1) is 13.8 Å². The van der Waals surface area contributed by atoms with E-state index in [1.807, 2.05) is 13.8 Å². The van der Waals surface area contributed by atoms with Gasteiger partial charge in [-0.1, -0.05) is 53.6 Å². The molecule has 0 bridgehead atoms. The van der Waals surface area contributed by atoms with Crippen molar-refractivity contribution in [2.75, 3.05) is 10.8 Å². The Balaban J connectivity index is 1.74. The van der Waals surface area contributed by atoms with Crippen LogP contribution in [0.4, 0.5) is 5.69 Å². The van der Waals surface area contributed by atoms with Crippen molar-refractivity contribution in [1.29, 1.82) is 0 Å². The van der Waals surface area contributed by atoms with Gasteiger partial charge in [0, 0.05) is 18.4 Å². The number of fused-ring (bicyclic) bond motifs is 3. The molecule has 0 N–H and O–H groups in total. The van der Waals surface area contributed by atoms with Crippen molar-refractivity contribution in [3.8, 4) is 0 Å². The molecule has 164 valence electrons. The highest BCUT2D eigenvalue weighted by Gasteiger charge is 2.38. The van der Waals surface area contributed by atoms with Crippen molar-refractivity contribution in [3.63, 3.8) is 0 Å². The summed E-state index contributed by atoms with van der Waals surface area (Å²) in [6.45, 7) is 3.98. The minimum Gasteiger partial charge on any atom is -0.263 e. The third kappa shape index (κ3) is 3.05. The lowest BCUT2D eigenvalue weighted by atomic mass is 10.2. The van der Waals surface area contributed by atoms with E-state index in [9.17, 15) is 16.8 Å². The summed E-state index contributed by atoms with van der Waals surface area (Å²) < 4.78 is 56.9. The van der Waals surface area contributed by atoms with Gasteiger partial charge in [0.05, 0.1) is 26.7 Å². The summed E-state index contributed by atoms with van der Waals surface area (Å²) in [6, 6.07) is 20.4. The molecule has 1 aliphatic rings. The molecule has 0 saturated heterocycles. The zero-order valence-corrected chi connectivity index (χ0v) is 19.3. The predicted octanol–water partition coefficient (Wildman–Crippen LogP) is 4.25. The van der Waals surface area contributed by atoms with Gasteiger partial charge >= 0.3 is 0 Å². The Morgan fingerprint density at radius 1 is 0.688 bits per heavy atom. The largest absolute Gasteiger partial charge is 0.268 e. The third-order valence-corrected chi connectivity index (χ3v) is 9.44. The average molecular weight is 467 g/mol. The van der Waals surface area contributed by atoms with Crippen molar-refractivity contribution in [2.45, 2.75) is 30.1 Å². The van der Waals surface area contributed by atoms with Gasteiger partial charge in [-0.2, -0.15) is 0 Å². The van der Waals surface area contributed by atoms with Gasteiger partial charge in [-0.05, 0) is 44.2 Å². The molecule has 0 aliphatic carbocycles. The maximum atomic E-state index is 13.6. The molecule has 4 aromatic rings. The standard InChI is InChI=1S/C24H22N2O4S2/c1-17-7-11-19(12-8-17)31(27,28)25-16-15-23-24(25)21-5-3-4-6-22(21)26(23)32(29,30)20-13-9-18(2)10-14-20/h3-14H,15-16H2,1-2H3. The number of para-hydroxylation sites is 1. The van der Waals surface area contributed by atoms with E-state index >= 15 is 0 Å². The first kappa shape index (κ1) is 20.8. The molecule has 2 heterocycles. The van der Waals surface area contributed by atoms with Crippen LogP contribution in [-0.2, 0) is 26.5 Å². The van der Waals surface area contributed by atoms with Gasteiger partial charge in [0.25, 0.3) is 20.0 Å². The topological polar surface area (TPSA) is 76.5 Å². The van der Waals surface area contributed by atoms with Crippen molar-refractivity contribution >= 4 is 36.6 Å². The fourth-order valence-corrected chi connectivity index (χ4v) is 7.32. The van der Waals surface area contributed by atoms with Crippen LogP contribution < -0.4 is 4.31 Å². The molecule has 6 nitrogen and oxygen atoms in total. The molecular weight excluding hydrogens is 444 g/mol. The van der Waals surface area contributed by atoms with Gasteiger partial charge in [0.1, 0.15) is 0 Å². The monoisotopic (exact) mass is 466 g/mol. The van der Waals surface area contributed by atoms with Crippen LogP contribution in [0.3, 0.4) is 0 Å². The molecule has 1 aliphatic heterocycles. The Labute approximate surface area is 187 Å². The van der Waals surface area contributed by atoms with Crippen LogP contribution in [-0.4, -0.2) is 27.4 Å². The highest BCUT2D eigenvalue weighted by atomic mass is 32.2. The van der Waals surface area contributed by atoms with Crippen molar-refractivity contribution in [2.24, 2.45) is 0 Å². The second-order valence-electron chi connectivity index (χ2n) is 8.04. The first-order valence-electron chi connectivity index (χ1n) is 10.3. The molecule has 0 saturated carbocycles. The number of anilines is 1. The van der Waals surface area contributed by atoms with Crippen LogP contribution in [0.15, 0.2) is 82.6 Å². The van der Waals surface area contributed by atoms with Crippen molar-refractivity contribution in [1.82, 2.24) is 3.97 Å². The van der Waals surface area contributed by atoms with E-state index in [0.717, 1.165) is 11.1 Å². The maximum absolute atomic E-state index is 13.6. The predicted molar refractivity (Wildman–Crippen MR) is 125 cm³/mol. The third-order valence-electron chi connectivity index (χ3n) is 5.87. The van der Waals surface area contributed by atoms with E-state index in [-0.39, 0.29) is 16.3 Å². The van der Waals surface area contributed by atoms with Gasteiger partial charge in [0.2, 0.25) is 0 Å². The molecule has 8 heteroatoms. The lowest BCUT2D eigenvalue weighted by molar-refractivity contribution is 0.587. The molecule has 32 heavy (non-hydrogen) atoms. The van der Waals surface area contributed by atoms with E-state index in [1.54, 1.807) is 72.8 Å². The van der Waals surface area contributed by atoms with E-state index in [1.165, 1.54) is 8.28 Å². The van der Waals surface area contributed by atoms with Crippen LogP contribution in [0.5, 0.6) is 0 Å². The summed E-state index contributed by atoms with van der Waals surface area (Å²) in [7, 11) is -7.75. The Morgan fingerprint density at radius 2 is 1.22 bits per heavy atom. The highest BCUT2D eigenvalue weighted by Crippen LogP contribution is 2.43. The summed E-state index contributed by atoms with van der Waals surface area (Å²) in [4.78, 5) is 0.362. The Morgan fingerprint density at radius 3 is 1.81 bits per heavy atom. The molecule has 0 unspecified atom stereocenters. The molecule has 5 rings (SSSR count). The Kier molecular flexibility index (Phi) is 4.69. The van der Waals surface area contributed by atoms with Gasteiger partial charge < -0.3 is 0 Å². The number of aromatic nitrogens is 1. The van der Waals surface area contributed by atoms with E-state index in [4.69, 9.17) is 0 Å². The minimum atomic E-state index is -3.91. The number of nitrogens with zero attached hydrogens (tertiary/aromatic N) is 2. The zero-order valence-electron chi connectivity index (χ0n) is 17.7. The summed E-state index contributed by atoms with van der Waals surface area (Å²) in [6.07, 6.45) is 0.306.